The van der Waals surface area contributed by atoms with Crippen LogP contribution in [-0.4, -0.2) is 18.1 Å². The van der Waals surface area contributed by atoms with Crippen molar-refractivity contribution in [3.05, 3.63) is 29.7 Å². The van der Waals surface area contributed by atoms with E-state index >= 15 is 0 Å². The number of aryl methyl sites for hydroxylation is 1. The highest BCUT2D eigenvalue weighted by atomic mass is 16.3. The third-order valence-corrected chi connectivity index (χ3v) is 4.26. The van der Waals surface area contributed by atoms with Crippen molar-refractivity contribution < 1.29 is 4.42 Å². The van der Waals surface area contributed by atoms with Crippen LogP contribution in [0.3, 0.4) is 0 Å². The quantitative estimate of drug-likeness (QED) is 0.882. The molecule has 1 aromatic heterocycles. The maximum Gasteiger partial charge on any atom is 0.203 e. The molecule has 3 rings (SSSR count). The highest BCUT2D eigenvalue weighted by Gasteiger charge is 2.42. The third kappa shape index (κ3) is 1.65. The molecule has 1 aliphatic rings. The summed E-state index contributed by atoms with van der Waals surface area (Å²) in [6.07, 6.45) is 1.11. The van der Waals surface area contributed by atoms with Crippen molar-refractivity contribution in [3.8, 4) is 0 Å². The normalized spacial score (nSPS) is 24.2. The first-order valence-electron chi connectivity index (χ1n) is 6.70. The molecule has 0 aliphatic carbocycles. The summed E-state index contributed by atoms with van der Waals surface area (Å²) in [5, 5.41) is 3.45. The van der Waals surface area contributed by atoms with Crippen LogP contribution in [0.1, 0.15) is 31.7 Å². The smallest absolute Gasteiger partial charge is 0.203 e. The summed E-state index contributed by atoms with van der Waals surface area (Å²) in [7, 11) is 0. The Morgan fingerprint density at radius 1 is 1.39 bits per heavy atom. The molecule has 1 aliphatic heterocycles. The number of oxazole rings is 1. The molecule has 18 heavy (non-hydrogen) atoms. The van der Waals surface area contributed by atoms with E-state index in [-0.39, 0.29) is 5.41 Å². The molecule has 0 amide bonds. The van der Waals surface area contributed by atoms with Gasteiger partial charge in [0, 0.05) is 6.54 Å². The van der Waals surface area contributed by atoms with E-state index in [0.29, 0.717) is 5.92 Å². The maximum atomic E-state index is 6.05. The summed E-state index contributed by atoms with van der Waals surface area (Å²) in [6, 6.07) is 6.21. The van der Waals surface area contributed by atoms with E-state index in [1.54, 1.807) is 0 Å². The Balaban J connectivity index is 2.12. The number of fused-ring (bicyclic) bond motifs is 1. The van der Waals surface area contributed by atoms with Crippen LogP contribution in [0.25, 0.3) is 11.1 Å². The SMILES string of the molecule is Cc1ccc2nc(C3(C(C)C)CCNC3)oc2c1. The van der Waals surface area contributed by atoms with Gasteiger partial charge in [0.15, 0.2) is 5.58 Å². The van der Waals surface area contributed by atoms with Gasteiger partial charge in [0.05, 0.1) is 5.41 Å². The lowest BCUT2D eigenvalue weighted by Gasteiger charge is -2.28. The topological polar surface area (TPSA) is 38.1 Å². The largest absolute Gasteiger partial charge is 0.440 e. The molecule has 2 aromatic rings. The molecule has 1 unspecified atom stereocenters. The zero-order chi connectivity index (χ0) is 12.8. The number of hydrogen-bond donors (Lipinski definition) is 1. The van der Waals surface area contributed by atoms with Gasteiger partial charge in [-0.2, -0.15) is 0 Å². The monoisotopic (exact) mass is 244 g/mol. The minimum Gasteiger partial charge on any atom is -0.440 e. The molecule has 2 heterocycles. The maximum absolute atomic E-state index is 6.05. The van der Waals surface area contributed by atoms with E-state index in [0.717, 1.165) is 36.5 Å². The van der Waals surface area contributed by atoms with Crippen molar-refractivity contribution in [2.24, 2.45) is 5.92 Å². The Labute approximate surface area is 108 Å². The van der Waals surface area contributed by atoms with Gasteiger partial charge < -0.3 is 9.73 Å². The average Bonchev–Trinajstić information content (AvgIpc) is 2.94. The van der Waals surface area contributed by atoms with Crippen molar-refractivity contribution >= 4 is 11.1 Å². The zero-order valence-electron chi connectivity index (χ0n) is 11.3. The van der Waals surface area contributed by atoms with Gasteiger partial charge in [-0.15, -0.1) is 0 Å². The van der Waals surface area contributed by atoms with Gasteiger partial charge in [-0.3, -0.25) is 0 Å². The van der Waals surface area contributed by atoms with Crippen LogP contribution in [0.4, 0.5) is 0 Å². The Bertz CT molecular complexity index is 565. The van der Waals surface area contributed by atoms with Crippen LogP contribution >= 0.6 is 0 Å². The first kappa shape index (κ1) is 11.7. The second kappa shape index (κ2) is 4.09. The van der Waals surface area contributed by atoms with Crippen molar-refractivity contribution in [1.29, 1.82) is 0 Å². The molecule has 0 bridgehead atoms. The summed E-state index contributed by atoms with van der Waals surface area (Å²) in [4.78, 5) is 4.72. The standard InChI is InChI=1S/C15H20N2O/c1-10(2)15(6-7-16-9-15)14-17-12-5-4-11(3)8-13(12)18-14/h4-5,8,10,16H,6-7,9H2,1-3H3. The number of rotatable bonds is 2. The third-order valence-electron chi connectivity index (χ3n) is 4.26. The second-order valence-electron chi connectivity index (χ2n) is 5.73. The van der Waals surface area contributed by atoms with E-state index in [4.69, 9.17) is 9.40 Å². The van der Waals surface area contributed by atoms with Gasteiger partial charge in [-0.1, -0.05) is 19.9 Å². The second-order valence-corrected chi connectivity index (χ2v) is 5.73. The van der Waals surface area contributed by atoms with Crippen LogP contribution < -0.4 is 5.32 Å². The summed E-state index contributed by atoms with van der Waals surface area (Å²) < 4.78 is 6.05. The van der Waals surface area contributed by atoms with Crippen molar-refractivity contribution in [1.82, 2.24) is 10.3 Å². The van der Waals surface area contributed by atoms with Gasteiger partial charge in [-0.25, -0.2) is 4.98 Å². The Morgan fingerprint density at radius 2 is 2.22 bits per heavy atom. The first-order chi connectivity index (χ1) is 8.62. The molecular formula is C15H20N2O. The van der Waals surface area contributed by atoms with Gasteiger partial charge in [0.25, 0.3) is 0 Å². The van der Waals surface area contributed by atoms with E-state index in [9.17, 15) is 0 Å². The van der Waals surface area contributed by atoms with Gasteiger partial charge in [0.2, 0.25) is 5.89 Å². The molecule has 1 aromatic carbocycles. The fourth-order valence-electron chi connectivity index (χ4n) is 2.88. The van der Waals surface area contributed by atoms with E-state index < -0.39 is 0 Å². The van der Waals surface area contributed by atoms with Crippen LogP contribution in [0, 0.1) is 12.8 Å². The number of nitrogens with one attached hydrogen (secondary N) is 1. The highest BCUT2D eigenvalue weighted by molar-refractivity contribution is 5.73. The number of aromatic nitrogens is 1. The van der Waals surface area contributed by atoms with Crippen molar-refractivity contribution in [2.75, 3.05) is 13.1 Å². The molecular weight excluding hydrogens is 224 g/mol. The predicted molar refractivity (Wildman–Crippen MR) is 72.7 cm³/mol. The summed E-state index contributed by atoms with van der Waals surface area (Å²) >= 11 is 0. The van der Waals surface area contributed by atoms with Gasteiger partial charge in [-0.05, 0) is 43.5 Å². The Kier molecular flexibility index (Phi) is 2.67. The summed E-state index contributed by atoms with van der Waals surface area (Å²) in [5.74, 6) is 1.43. The van der Waals surface area contributed by atoms with Crippen molar-refractivity contribution in [3.63, 3.8) is 0 Å². The van der Waals surface area contributed by atoms with Crippen LogP contribution in [0.2, 0.25) is 0 Å². The van der Waals surface area contributed by atoms with E-state index in [1.165, 1.54) is 5.56 Å². The van der Waals surface area contributed by atoms with Crippen LogP contribution in [0.5, 0.6) is 0 Å². The summed E-state index contributed by atoms with van der Waals surface area (Å²) in [6.45, 7) is 8.61. The molecule has 0 saturated carbocycles. The number of nitrogens with zero attached hydrogens (tertiary/aromatic N) is 1. The fraction of sp³-hybridized carbons (Fsp3) is 0.533. The van der Waals surface area contributed by atoms with Crippen molar-refractivity contribution in [2.45, 2.75) is 32.6 Å². The van der Waals surface area contributed by atoms with Crippen LogP contribution in [-0.2, 0) is 5.41 Å². The lowest BCUT2D eigenvalue weighted by molar-refractivity contribution is 0.269. The molecule has 1 atom stereocenters. The molecule has 0 spiro atoms. The minimum absolute atomic E-state index is 0.0624. The predicted octanol–water partition coefficient (Wildman–Crippen LogP) is 3.02. The highest BCUT2D eigenvalue weighted by Crippen LogP contribution is 2.38. The molecule has 3 nitrogen and oxygen atoms in total. The molecule has 96 valence electrons. The number of hydrogen-bond acceptors (Lipinski definition) is 3. The fourth-order valence-corrected chi connectivity index (χ4v) is 2.88. The lowest BCUT2D eigenvalue weighted by Crippen LogP contribution is -2.35. The lowest BCUT2D eigenvalue weighted by atomic mass is 9.76. The summed E-state index contributed by atoms with van der Waals surface area (Å²) in [5.41, 5.74) is 3.17. The van der Waals surface area contributed by atoms with Gasteiger partial charge in [0.1, 0.15) is 5.52 Å². The molecule has 3 heteroatoms. The molecule has 1 saturated heterocycles. The number of benzene rings is 1. The molecule has 0 radical (unpaired) electrons. The first-order valence-corrected chi connectivity index (χ1v) is 6.70. The Morgan fingerprint density at radius 3 is 2.89 bits per heavy atom. The zero-order valence-corrected chi connectivity index (χ0v) is 11.3. The Hall–Kier alpha value is -1.35. The molecule has 1 N–H and O–H groups in total. The van der Waals surface area contributed by atoms with Gasteiger partial charge >= 0.3 is 0 Å². The molecule has 1 fully saturated rings. The van der Waals surface area contributed by atoms with Crippen LogP contribution in [0.15, 0.2) is 22.6 Å². The van der Waals surface area contributed by atoms with E-state index in [2.05, 4.69) is 38.2 Å². The van der Waals surface area contributed by atoms with E-state index in [1.807, 2.05) is 6.07 Å². The average molecular weight is 244 g/mol. The minimum atomic E-state index is 0.0624.